The van der Waals surface area contributed by atoms with E-state index in [4.69, 9.17) is 0 Å². The molecule has 0 aliphatic heterocycles. The van der Waals surface area contributed by atoms with Crippen LogP contribution in [0, 0.1) is 22.7 Å². The Balaban J connectivity index is 1.96. The molecule has 4 atom stereocenters. The zero-order valence-corrected chi connectivity index (χ0v) is 11.3. The van der Waals surface area contributed by atoms with E-state index in [0.717, 1.165) is 19.3 Å². The molecule has 17 heavy (non-hydrogen) atoms. The van der Waals surface area contributed by atoms with Crippen molar-refractivity contribution in [2.45, 2.75) is 64.9 Å². The van der Waals surface area contributed by atoms with E-state index >= 15 is 0 Å². The van der Waals surface area contributed by atoms with Crippen LogP contribution in [0.4, 0.5) is 0 Å². The molecule has 3 aliphatic rings. The Hall–Kier alpha value is -0.370. The van der Waals surface area contributed by atoms with Crippen LogP contribution < -0.4 is 0 Å². The average Bonchev–Trinajstić information content (AvgIpc) is 2.17. The number of rotatable bonds is 0. The summed E-state index contributed by atoms with van der Waals surface area (Å²) in [6.45, 7) is 6.83. The summed E-state index contributed by atoms with van der Waals surface area (Å²) in [7, 11) is 0. The topological polar surface area (TPSA) is 37.3 Å². The smallest absolute Gasteiger partial charge is 0.136 e. The van der Waals surface area contributed by atoms with Crippen LogP contribution in [0.2, 0.25) is 0 Å². The average molecular weight is 236 g/mol. The summed E-state index contributed by atoms with van der Waals surface area (Å²) in [4.78, 5) is 11.9. The monoisotopic (exact) mass is 236 g/mol. The van der Waals surface area contributed by atoms with Crippen molar-refractivity contribution in [1.82, 2.24) is 0 Å². The molecule has 96 valence electrons. The molecule has 3 rings (SSSR count). The molecule has 0 aromatic rings. The quantitative estimate of drug-likeness (QED) is 0.702. The van der Waals surface area contributed by atoms with E-state index in [-0.39, 0.29) is 11.2 Å². The molecule has 0 heterocycles. The molecule has 3 aliphatic carbocycles. The summed E-state index contributed by atoms with van der Waals surface area (Å²) in [6.07, 6.45) is 5.37. The molecular weight excluding hydrogens is 212 g/mol. The van der Waals surface area contributed by atoms with Crippen molar-refractivity contribution in [1.29, 1.82) is 0 Å². The van der Waals surface area contributed by atoms with Gasteiger partial charge in [0.15, 0.2) is 0 Å². The lowest BCUT2D eigenvalue weighted by Crippen LogP contribution is -2.57. The zero-order chi connectivity index (χ0) is 12.5. The van der Waals surface area contributed by atoms with Crippen LogP contribution >= 0.6 is 0 Å². The number of aliphatic hydroxyl groups is 1. The second-order valence-corrected chi connectivity index (χ2v) is 7.93. The summed E-state index contributed by atoms with van der Waals surface area (Å²) in [6, 6.07) is 0. The van der Waals surface area contributed by atoms with Gasteiger partial charge in [0.1, 0.15) is 5.78 Å². The minimum atomic E-state index is -0.680. The first-order chi connectivity index (χ1) is 7.74. The number of carbonyl (C=O) groups is 1. The number of hydrogen-bond acceptors (Lipinski definition) is 2. The van der Waals surface area contributed by atoms with Gasteiger partial charge < -0.3 is 5.11 Å². The third kappa shape index (κ3) is 1.60. The van der Waals surface area contributed by atoms with Crippen LogP contribution in [0.1, 0.15) is 59.3 Å². The van der Waals surface area contributed by atoms with Crippen LogP contribution in [-0.4, -0.2) is 16.5 Å². The Kier molecular flexibility index (Phi) is 2.16. The first-order valence-electron chi connectivity index (χ1n) is 6.98. The molecular formula is C15H24O2. The van der Waals surface area contributed by atoms with Gasteiger partial charge in [-0.25, -0.2) is 0 Å². The normalized spacial score (nSPS) is 52.4. The van der Waals surface area contributed by atoms with Crippen molar-refractivity contribution in [2.24, 2.45) is 22.7 Å². The predicted octanol–water partition coefficient (Wildman–Crippen LogP) is 2.93. The lowest BCUT2D eigenvalue weighted by molar-refractivity contribution is -0.168. The maximum absolute atomic E-state index is 11.9. The molecule has 2 bridgehead atoms. The minimum Gasteiger partial charge on any atom is -0.389 e. The first-order valence-corrected chi connectivity index (χ1v) is 6.98. The summed E-state index contributed by atoms with van der Waals surface area (Å²) < 4.78 is 0. The summed E-state index contributed by atoms with van der Waals surface area (Å²) in [5, 5.41) is 10.9. The number of hydrogen-bond donors (Lipinski definition) is 1. The SMILES string of the molecule is CC12CCC3C(CC3(C)C)C(O)(CC(=O)C1)C2. The van der Waals surface area contributed by atoms with Gasteiger partial charge in [0.2, 0.25) is 0 Å². The van der Waals surface area contributed by atoms with E-state index in [1.54, 1.807) is 0 Å². The highest BCUT2D eigenvalue weighted by molar-refractivity contribution is 5.81. The van der Waals surface area contributed by atoms with Crippen LogP contribution in [-0.2, 0) is 4.79 Å². The molecule has 3 saturated carbocycles. The van der Waals surface area contributed by atoms with Crippen LogP contribution in [0.3, 0.4) is 0 Å². The van der Waals surface area contributed by atoms with Crippen molar-refractivity contribution < 1.29 is 9.90 Å². The number of Topliss-reactive ketones (excluding diaryl/α,β-unsaturated/α-hetero) is 1. The predicted molar refractivity (Wildman–Crippen MR) is 66.5 cm³/mol. The van der Waals surface area contributed by atoms with Gasteiger partial charge in [-0.2, -0.15) is 0 Å². The molecule has 3 fully saturated rings. The van der Waals surface area contributed by atoms with Crippen LogP contribution in [0.5, 0.6) is 0 Å². The molecule has 0 spiro atoms. The summed E-state index contributed by atoms with van der Waals surface area (Å²) in [5.74, 6) is 1.29. The summed E-state index contributed by atoms with van der Waals surface area (Å²) >= 11 is 0. The lowest BCUT2D eigenvalue weighted by Gasteiger charge is -2.57. The third-order valence-corrected chi connectivity index (χ3v) is 5.84. The molecule has 2 heteroatoms. The van der Waals surface area contributed by atoms with Crippen LogP contribution in [0.25, 0.3) is 0 Å². The zero-order valence-electron chi connectivity index (χ0n) is 11.3. The third-order valence-electron chi connectivity index (χ3n) is 5.84. The molecule has 0 aromatic carbocycles. The van der Waals surface area contributed by atoms with Gasteiger partial charge in [-0.1, -0.05) is 20.8 Å². The Morgan fingerprint density at radius 1 is 1.18 bits per heavy atom. The fourth-order valence-electron chi connectivity index (χ4n) is 5.09. The van der Waals surface area contributed by atoms with E-state index in [2.05, 4.69) is 20.8 Å². The standard InChI is InChI=1S/C15H24O2/c1-13(2)8-12-11(13)4-5-14(3)6-10(16)7-15(12,17)9-14/h11-12,17H,4-9H2,1-3H3. The molecule has 1 N–H and O–H groups in total. The maximum Gasteiger partial charge on any atom is 0.136 e. The van der Waals surface area contributed by atoms with E-state index in [1.165, 1.54) is 6.42 Å². The minimum absolute atomic E-state index is 0.0670. The number of carbonyl (C=O) groups excluding carboxylic acids is 1. The maximum atomic E-state index is 11.9. The Morgan fingerprint density at radius 2 is 1.88 bits per heavy atom. The van der Waals surface area contributed by atoms with E-state index in [9.17, 15) is 9.90 Å². The highest BCUT2D eigenvalue weighted by Crippen LogP contribution is 2.64. The van der Waals surface area contributed by atoms with Crippen molar-refractivity contribution in [3.63, 3.8) is 0 Å². The molecule has 0 amide bonds. The fraction of sp³-hybridized carbons (Fsp3) is 0.933. The van der Waals surface area contributed by atoms with Gasteiger partial charge in [-0.05, 0) is 48.3 Å². The number of ketones is 1. The first kappa shape index (κ1) is 11.7. The Bertz CT molecular complexity index is 373. The highest BCUT2D eigenvalue weighted by Gasteiger charge is 2.61. The van der Waals surface area contributed by atoms with E-state index in [0.29, 0.717) is 30.1 Å². The van der Waals surface area contributed by atoms with Gasteiger partial charge in [0, 0.05) is 12.8 Å². The number of fused-ring (bicyclic) bond motifs is 4. The molecule has 0 saturated heterocycles. The van der Waals surface area contributed by atoms with Gasteiger partial charge in [-0.15, -0.1) is 0 Å². The molecule has 0 aromatic heterocycles. The van der Waals surface area contributed by atoms with Gasteiger partial charge in [-0.3, -0.25) is 4.79 Å². The van der Waals surface area contributed by atoms with Crippen molar-refractivity contribution >= 4 is 5.78 Å². The second kappa shape index (κ2) is 3.14. The van der Waals surface area contributed by atoms with Crippen molar-refractivity contribution in [3.8, 4) is 0 Å². The van der Waals surface area contributed by atoms with Gasteiger partial charge in [0.25, 0.3) is 0 Å². The molecule has 0 radical (unpaired) electrons. The largest absolute Gasteiger partial charge is 0.389 e. The van der Waals surface area contributed by atoms with E-state index in [1.807, 2.05) is 0 Å². The van der Waals surface area contributed by atoms with Gasteiger partial charge in [0.05, 0.1) is 5.60 Å². The van der Waals surface area contributed by atoms with Crippen molar-refractivity contribution in [3.05, 3.63) is 0 Å². The molecule has 4 unspecified atom stereocenters. The van der Waals surface area contributed by atoms with Crippen LogP contribution in [0.15, 0.2) is 0 Å². The fourth-order valence-corrected chi connectivity index (χ4v) is 5.09. The van der Waals surface area contributed by atoms with Gasteiger partial charge >= 0.3 is 0 Å². The van der Waals surface area contributed by atoms with Crippen molar-refractivity contribution in [2.75, 3.05) is 0 Å². The highest BCUT2D eigenvalue weighted by atomic mass is 16.3. The Morgan fingerprint density at radius 3 is 2.53 bits per heavy atom. The van der Waals surface area contributed by atoms with E-state index < -0.39 is 5.60 Å². The summed E-state index contributed by atoms with van der Waals surface area (Å²) in [5.41, 5.74) is -0.241. The molecule has 2 nitrogen and oxygen atoms in total. The Labute approximate surface area is 104 Å². The lowest BCUT2D eigenvalue weighted by atomic mass is 9.49. The second-order valence-electron chi connectivity index (χ2n) is 7.93.